The van der Waals surface area contributed by atoms with Gasteiger partial charge in [0.25, 0.3) is 0 Å². The molecule has 0 saturated carbocycles. The highest BCUT2D eigenvalue weighted by Crippen LogP contribution is 2.18. The Morgan fingerprint density at radius 1 is 1.03 bits per heavy atom. The summed E-state index contributed by atoms with van der Waals surface area (Å²) in [6, 6.07) is 17.8. The Hall–Kier alpha value is -1.79. The molecule has 0 spiro atoms. The SMILES string of the molecule is CCCCNC(=O)C(CC)N(CCc1ccccc1)C(=O)CSCc1ccc(Br)cc1. The van der Waals surface area contributed by atoms with Crippen LogP contribution in [-0.4, -0.2) is 41.6 Å². The van der Waals surface area contributed by atoms with Gasteiger partial charge in [-0.25, -0.2) is 0 Å². The van der Waals surface area contributed by atoms with Gasteiger partial charge in [0.05, 0.1) is 5.75 Å². The highest BCUT2D eigenvalue weighted by Gasteiger charge is 2.27. The third kappa shape index (κ3) is 9.08. The Balaban J connectivity index is 2.02. The monoisotopic (exact) mass is 504 g/mol. The molecule has 4 nitrogen and oxygen atoms in total. The number of carbonyl (C=O) groups is 2. The van der Waals surface area contributed by atoms with E-state index in [2.05, 4.69) is 52.4 Å². The molecular weight excluding hydrogens is 472 g/mol. The topological polar surface area (TPSA) is 49.4 Å². The third-order valence-corrected chi connectivity index (χ3v) is 6.62. The number of nitrogens with zero attached hydrogens (tertiary/aromatic N) is 1. The Morgan fingerprint density at radius 2 is 1.74 bits per heavy atom. The lowest BCUT2D eigenvalue weighted by molar-refractivity contribution is -0.138. The molecule has 1 atom stereocenters. The molecule has 0 aliphatic carbocycles. The van der Waals surface area contributed by atoms with Gasteiger partial charge < -0.3 is 10.2 Å². The number of hydrogen-bond acceptors (Lipinski definition) is 3. The molecule has 0 fully saturated rings. The van der Waals surface area contributed by atoms with Crippen molar-refractivity contribution >= 4 is 39.5 Å². The van der Waals surface area contributed by atoms with E-state index in [1.54, 1.807) is 16.7 Å². The number of amides is 2. The van der Waals surface area contributed by atoms with Gasteiger partial charge in [-0.15, -0.1) is 11.8 Å². The van der Waals surface area contributed by atoms with Crippen LogP contribution in [0.2, 0.25) is 0 Å². The van der Waals surface area contributed by atoms with Gasteiger partial charge in [0.1, 0.15) is 6.04 Å². The van der Waals surface area contributed by atoms with Crippen LogP contribution in [0.5, 0.6) is 0 Å². The van der Waals surface area contributed by atoms with Crippen LogP contribution in [0.3, 0.4) is 0 Å². The molecule has 0 aliphatic heterocycles. The van der Waals surface area contributed by atoms with Crippen LogP contribution in [0.4, 0.5) is 0 Å². The second-order valence-corrected chi connectivity index (χ2v) is 9.41. The molecule has 0 heterocycles. The van der Waals surface area contributed by atoms with E-state index >= 15 is 0 Å². The summed E-state index contributed by atoms with van der Waals surface area (Å²) in [7, 11) is 0. The van der Waals surface area contributed by atoms with E-state index in [0.717, 1.165) is 29.5 Å². The largest absolute Gasteiger partial charge is 0.354 e. The van der Waals surface area contributed by atoms with Gasteiger partial charge in [0, 0.05) is 23.3 Å². The van der Waals surface area contributed by atoms with Crippen molar-refractivity contribution in [1.29, 1.82) is 0 Å². The molecule has 6 heteroatoms. The van der Waals surface area contributed by atoms with Crippen LogP contribution in [-0.2, 0) is 21.8 Å². The fraction of sp³-hybridized carbons (Fsp3) is 0.440. The molecule has 2 aromatic carbocycles. The average molecular weight is 506 g/mol. The molecule has 0 aliphatic rings. The molecule has 1 N–H and O–H groups in total. The Kier molecular flexibility index (Phi) is 11.8. The minimum atomic E-state index is -0.429. The predicted octanol–water partition coefficient (Wildman–Crippen LogP) is 5.45. The molecule has 1 unspecified atom stereocenters. The van der Waals surface area contributed by atoms with Gasteiger partial charge in [-0.05, 0) is 42.5 Å². The number of nitrogens with one attached hydrogen (secondary N) is 1. The molecular formula is C25H33BrN2O2S. The lowest BCUT2D eigenvalue weighted by Gasteiger charge is -2.30. The van der Waals surface area contributed by atoms with Crippen LogP contribution in [0.1, 0.15) is 44.2 Å². The predicted molar refractivity (Wildman–Crippen MR) is 134 cm³/mol. The van der Waals surface area contributed by atoms with E-state index < -0.39 is 6.04 Å². The van der Waals surface area contributed by atoms with Crippen LogP contribution < -0.4 is 5.32 Å². The second kappa shape index (κ2) is 14.3. The zero-order valence-corrected chi connectivity index (χ0v) is 20.9. The van der Waals surface area contributed by atoms with Crippen molar-refractivity contribution in [2.75, 3.05) is 18.8 Å². The normalized spacial score (nSPS) is 11.7. The van der Waals surface area contributed by atoms with Crippen molar-refractivity contribution in [2.45, 2.75) is 51.3 Å². The van der Waals surface area contributed by atoms with Crippen molar-refractivity contribution in [2.24, 2.45) is 0 Å². The van der Waals surface area contributed by atoms with E-state index in [0.29, 0.717) is 25.3 Å². The number of unbranched alkanes of at least 4 members (excludes halogenated alkanes) is 1. The number of benzene rings is 2. The lowest BCUT2D eigenvalue weighted by Crippen LogP contribution is -2.50. The van der Waals surface area contributed by atoms with Gasteiger partial charge in [0.15, 0.2) is 0 Å². The Morgan fingerprint density at radius 3 is 2.39 bits per heavy atom. The quantitative estimate of drug-likeness (QED) is 0.369. The molecule has 0 radical (unpaired) electrons. The molecule has 2 aromatic rings. The van der Waals surface area contributed by atoms with Gasteiger partial charge in [-0.2, -0.15) is 0 Å². The van der Waals surface area contributed by atoms with Crippen LogP contribution >= 0.6 is 27.7 Å². The average Bonchev–Trinajstić information content (AvgIpc) is 2.78. The van der Waals surface area contributed by atoms with E-state index in [9.17, 15) is 9.59 Å². The maximum absolute atomic E-state index is 13.2. The third-order valence-electron chi connectivity index (χ3n) is 5.11. The summed E-state index contributed by atoms with van der Waals surface area (Å²) in [6.45, 7) is 5.27. The molecule has 2 rings (SSSR count). The summed E-state index contributed by atoms with van der Waals surface area (Å²) in [5.41, 5.74) is 2.35. The Bertz CT molecular complexity index is 799. The maximum atomic E-state index is 13.2. The fourth-order valence-electron chi connectivity index (χ4n) is 3.32. The van der Waals surface area contributed by atoms with Gasteiger partial charge in [-0.1, -0.05) is 78.7 Å². The van der Waals surface area contributed by atoms with Crippen LogP contribution in [0, 0.1) is 0 Å². The minimum absolute atomic E-state index is 0.0236. The number of thioether (sulfide) groups is 1. The number of halogens is 1. The van der Waals surface area contributed by atoms with Crippen molar-refractivity contribution in [3.05, 3.63) is 70.2 Å². The highest BCUT2D eigenvalue weighted by atomic mass is 79.9. The molecule has 0 aromatic heterocycles. The summed E-state index contributed by atoms with van der Waals surface area (Å²) in [6.07, 6.45) is 3.32. The van der Waals surface area contributed by atoms with E-state index in [4.69, 9.17) is 0 Å². The summed E-state index contributed by atoms with van der Waals surface area (Å²) in [4.78, 5) is 27.8. The van der Waals surface area contributed by atoms with Crippen LogP contribution in [0.25, 0.3) is 0 Å². The van der Waals surface area contributed by atoms with Gasteiger partial charge in [-0.3, -0.25) is 9.59 Å². The highest BCUT2D eigenvalue weighted by molar-refractivity contribution is 9.10. The van der Waals surface area contributed by atoms with Crippen molar-refractivity contribution in [3.63, 3.8) is 0 Å². The summed E-state index contributed by atoms with van der Waals surface area (Å²) in [5, 5.41) is 3.01. The zero-order chi connectivity index (χ0) is 22.5. The van der Waals surface area contributed by atoms with Crippen molar-refractivity contribution < 1.29 is 9.59 Å². The van der Waals surface area contributed by atoms with E-state index in [-0.39, 0.29) is 11.8 Å². The summed E-state index contributed by atoms with van der Waals surface area (Å²) < 4.78 is 1.05. The Labute approximate surface area is 199 Å². The fourth-order valence-corrected chi connectivity index (χ4v) is 4.46. The summed E-state index contributed by atoms with van der Waals surface area (Å²) >= 11 is 5.04. The number of rotatable bonds is 13. The van der Waals surface area contributed by atoms with Crippen LogP contribution in [0.15, 0.2) is 59.1 Å². The first-order chi connectivity index (χ1) is 15.0. The van der Waals surface area contributed by atoms with Gasteiger partial charge in [0.2, 0.25) is 11.8 Å². The number of hydrogen-bond donors (Lipinski definition) is 1. The molecule has 31 heavy (non-hydrogen) atoms. The lowest BCUT2D eigenvalue weighted by atomic mass is 10.1. The van der Waals surface area contributed by atoms with E-state index in [1.807, 2.05) is 37.3 Å². The zero-order valence-electron chi connectivity index (χ0n) is 18.5. The van der Waals surface area contributed by atoms with E-state index in [1.165, 1.54) is 11.1 Å². The first-order valence-corrected chi connectivity index (χ1v) is 12.9. The minimum Gasteiger partial charge on any atom is -0.354 e. The second-order valence-electron chi connectivity index (χ2n) is 7.51. The maximum Gasteiger partial charge on any atom is 0.242 e. The summed E-state index contributed by atoms with van der Waals surface area (Å²) in [5.74, 6) is 1.11. The van der Waals surface area contributed by atoms with Crippen molar-refractivity contribution in [1.82, 2.24) is 10.2 Å². The number of carbonyl (C=O) groups excluding carboxylic acids is 2. The molecule has 2 amide bonds. The molecule has 0 bridgehead atoms. The molecule has 168 valence electrons. The molecule has 0 saturated heterocycles. The van der Waals surface area contributed by atoms with Gasteiger partial charge >= 0.3 is 0 Å². The first kappa shape index (κ1) is 25.5. The smallest absolute Gasteiger partial charge is 0.242 e. The standard InChI is InChI=1S/C25H33BrN2O2S/c1-3-5-16-27-25(30)23(4-2)28(17-15-20-9-7-6-8-10-20)24(29)19-31-18-21-11-13-22(26)14-12-21/h6-14,23H,3-5,15-19H2,1-2H3,(H,27,30). The van der Waals surface area contributed by atoms with Crippen molar-refractivity contribution in [3.8, 4) is 0 Å². The first-order valence-electron chi connectivity index (χ1n) is 11.0.